The van der Waals surface area contributed by atoms with Gasteiger partial charge in [0, 0.05) is 12.4 Å². The second-order valence-electron chi connectivity index (χ2n) is 7.55. The summed E-state index contributed by atoms with van der Waals surface area (Å²) in [6, 6.07) is 3.90. The molecule has 4 heteroatoms. The van der Waals surface area contributed by atoms with Crippen LogP contribution < -0.4 is 5.32 Å². The number of carbonyl (C=O) groups excluding carboxylic acids is 1. The van der Waals surface area contributed by atoms with Crippen molar-refractivity contribution in [1.29, 1.82) is 0 Å². The van der Waals surface area contributed by atoms with Gasteiger partial charge in [-0.25, -0.2) is 0 Å². The summed E-state index contributed by atoms with van der Waals surface area (Å²) < 4.78 is 5.81. The van der Waals surface area contributed by atoms with Crippen molar-refractivity contribution in [3.05, 3.63) is 30.1 Å². The molecule has 1 aliphatic rings. The van der Waals surface area contributed by atoms with Gasteiger partial charge in [0.25, 0.3) is 0 Å². The summed E-state index contributed by atoms with van der Waals surface area (Å²) in [6.45, 7) is 7.96. The SMILES string of the molecule is CC(C)(C)C(=O)OC(CCCC1CCNCC1)c1ccncc1. The van der Waals surface area contributed by atoms with E-state index in [-0.39, 0.29) is 12.1 Å². The van der Waals surface area contributed by atoms with Crippen LogP contribution in [0.15, 0.2) is 24.5 Å². The van der Waals surface area contributed by atoms with Crippen molar-refractivity contribution in [3.63, 3.8) is 0 Å². The van der Waals surface area contributed by atoms with E-state index in [2.05, 4.69) is 10.3 Å². The molecule has 0 radical (unpaired) electrons. The Balaban J connectivity index is 1.92. The Kier molecular flexibility index (Phi) is 6.58. The number of pyridine rings is 1. The van der Waals surface area contributed by atoms with Gasteiger partial charge in [0.1, 0.15) is 6.10 Å². The minimum atomic E-state index is -0.472. The molecule has 1 aromatic rings. The number of hydrogen-bond donors (Lipinski definition) is 1. The fourth-order valence-electron chi connectivity index (χ4n) is 2.94. The second kappa shape index (κ2) is 8.44. The van der Waals surface area contributed by atoms with Crippen molar-refractivity contribution in [3.8, 4) is 0 Å². The van der Waals surface area contributed by atoms with Crippen LogP contribution in [0.3, 0.4) is 0 Å². The van der Waals surface area contributed by atoms with Crippen molar-refractivity contribution in [2.75, 3.05) is 13.1 Å². The van der Waals surface area contributed by atoms with E-state index in [1.165, 1.54) is 19.3 Å². The highest BCUT2D eigenvalue weighted by Gasteiger charge is 2.27. The van der Waals surface area contributed by atoms with Crippen LogP contribution in [0.25, 0.3) is 0 Å². The van der Waals surface area contributed by atoms with E-state index in [4.69, 9.17) is 4.74 Å². The Bertz CT molecular complexity index is 476. The van der Waals surface area contributed by atoms with Crippen LogP contribution in [0.1, 0.15) is 64.5 Å². The molecule has 2 heterocycles. The third-order valence-electron chi connectivity index (χ3n) is 4.48. The van der Waals surface area contributed by atoms with E-state index >= 15 is 0 Å². The number of ether oxygens (including phenoxy) is 1. The third kappa shape index (κ3) is 5.94. The molecule has 0 aliphatic carbocycles. The zero-order valence-electron chi connectivity index (χ0n) is 14.7. The average molecular weight is 318 g/mol. The second-order valence-corrected chi connectivity index (χ2v) is 7.55. The van der Waals surface area contributed by atoms with Crippen LogP contribution in [0, 0.1) is 11.3 Å². The minimum absolute atomic E-state index is 0.138. The van der Waals surface area contributed by atoms with Gasteiger partial charge >= 0.3 is 5.97 Å². The molecule has 0 bridgehead atoms. The number of aromatic nitrogens is 1. The zero-order chi connectivity index (χ0) is 16.7. The molecular weight excluding hydrogens is 288 g/mol. The van der Waals surface area contributed by atoms with Crippen molar-refractivity contribution in [2.24, 2.45) is 11.3 Å². The lowest BCUT2D eigenvalue weighted by Gasteiger charge is -2.25. The molecule has 1 saturated heterocycles. The van der Waals surface area contributed by atoms with E-state index in [1.807, 2.05) is 32.9 Å². The van der Waals surface area contributed by atoms with Gasteiger partial charge in [0.2, 0.25) is 0 Å². The van der Waals surface area contributed by atoms with Crippen LogP contribution in [-0.4, -0.2) is 24.0 Å². The van der Waals surface area contributed by atoms with Gasteiger partial charge in [-0.1, -0.05) is 6.42 Å². The number of rotatable bonds is 6. The smallest absolute Gasteiger partial charge is 0.311 e. The van der Waals surface area contributed by atoms with Crippen molar-refractivity contribution >= 4 is 5.97 Å². The molecule has 2 rings (SSSR count). The van der Waals surface area contributed by atoms with E-state index in [9.17, 15) is 4.79 Å². The Morgan fingerprint density at radius 1 is 1.30 bits per heavy atom. The summed E-state index contributed by atoms with van der Waals surface area (Å²) in [4.78, 5) is 16.3. The molecule has 1 N–H and O–H groups in total. The molecule has 1 fully saturated rings. The predicted molar refractivity (Wildman–Crippen MR) is 92.0 cm³/mol. The first-order valence-electron chi connectivity index (χ1n) is 8.78. The lowest BCUT2D eigenvalue weighted by Crippen LogP contribution is -2.28. The topological polar surface area (TPSA) is 51.2 Å². The molecule has 0 amide bonds. The summed E-state index contributed by atoms with van der Waals surface area (Å²) in [5.74, 6) is 0.675. The van der Waals surface area contributed by atoms with Gasteiger partial charge in [-0.2, -0.15) is 0 Å². The maximum Gasteiger partial charge on any atom is 0.311 e. The molecule has 1 aromatic heterocycles. The Morgan fingerprint density at radius 3 is 2.57 bits per heavy atom. The summed E-state index contributed by atoms with van der Waals surface area (Å²) in [7, 11) is 0. The van der Waals surface area contributed by atoms with Crippen LogP contribution in [-0.2, 0) is 9.53 Å². The average Bonchev–Trinajstić information content (AvgIpc) is 2.54. The number of nitrogens with zero attached hydrogens (tertiary/aromatic N) is 1. The van der Waals surface area contributed by atoms with Crippen LogP contribution in [0.2, 0.25) is 0 Å². The first-order chi connectivity index (χ1) is 11.0. The quantitative estimate of drug-likeness (QED) is 0.809. The fourth-order valence-corrected chi connectivity index (χ4v) is 2.94. The highest BCUT2D eigenvalue weighted by molar-refractivity contribution is 5.75. The van der Waals surface area contributed by atoms with Gasteiger partial charge in [-0.3, -0.25) is 9.78 Å². The van der Waals surface area contributed by atoms with Gasteiger partial charge in [0.05, 0.1) is 5.41 Å². The van der Waals surface area contributed by atoms with E-state index in [0.29, 0.717) is 0 Å². The molecule has 0 spiro atoms. The van der Waals surface area contributed by atoms with Crippen LogP contribution in [0.5, 0.6) is 0 Å². The highest BCUT2D eigenvalue weighted by Crippen LogP contribution is 2.29. The first-order valence-corrected chi connectivity index (χ1v) is 8.78. The van der Waals surface area contributed by atoms with Gasteiger partial charge < -0.3 is 10.1 Å². The summed E-state index contributed by atoms with van der Waals surface area (Å²) >= 11 is 0. The number of hydrogen-bond acceptors (Lipinski definition) is 4. The summed E-state index contributed by atoms with van der Waals surface area (Å²) in [5.41, 5.74) is 0.572. The summed E-state index contributed by atoms with van der Waals surface area (Å²) in [5, 5.41) is 3.41. The van der Waals surface area contributed by atoms with Crippen LogP contribution >= 0.6 is 0 Å². The third-order valence-corrected chi connectivity index (χ3v) is 4.48. The molecule has 0 saturated carbocycles. The number of esters is 1. The maximum atomic E-state index is 12.3. The van der Waals surface area contributed by atoms with Crippen LogP contribution in [0.4, 0.5) is 0 Å². The lowest BCUT2D eigenvalue weighted by atomic mass is 9.91. The molecule has 4 nitrogen and oxygen atoms in total. The molecule has 1 unspecified atom stereocenters. The molecular formula is C19H30N2O2. The predicted octanol–water partition coefficient (Wildman–Crippen LogP) is 3.88. The minimum Gasteiger partial charge on any atom is -0.457 e. The van der Waals surface area contributed by atoms with E-state index in [0.717, 1.165) is 37.4 Å². The Hall–Kier alpha value is -1.42. The highest BCUT2D eigenvalue weighted by atomic mass is 16.5. The Morgan fingerprint density at radius 2 is 1.96 bits per heavy atom. The molecule has 1 atom stereocenters. The van der Waals surface area contributed by atoms with Gasteiger partial charge in [-0.15, -0.1) is 0 Å². The Labute approximate surface area is 140 Å². The first kappa shape index (κ1) is 17.9. The zero-order valence-corrected chi connectivity index (χ0v) is 14.7. The molecule has 1 aliphatic heterocycles. The van der Waals surface area contributed by atoms with Crippen molar-refractivity contribution in [2.45, 2.75) is 59.0 Å². The normalized spacial score (nSPS) is 17.7. The number of piperidine rings is 1. The number of nitrogens with one attached hydrogen (secondary N) is 1. The monoisotopic (exact) mass is 318 g/mol. The maximum absolute atomic E-state index is 12.3. The fraction of sp³-hybridized carbons (Fsp3) is 0.684. The molecule has 23 heavy (non-hydrogen) atoms. The standard InChI is InChI=1S/C19H30N2O2/c1-19(2,3)18(22)23-17(16-9-13-21-14-10-16)6-4-5-15-7-11-20-12-8-15/h9-10,13-15,17,20H,4-8,11-12H2,1-3H3. The summed E-state index contributed by atoms with van der Waals surface area (Å²) in [6.07, 6.45) is 9.09. The number of carbonyl (C=O) groups is 1. The molecule has 0 aromatic carbocycles. The van der Waals surface area contributed by atoms with Gasteiger partial charge in [-0.05, 0) is 83.2 Å². The largest absolute Gasteiger partial charge is 0.457 e. The van der Waals surface area contributed by atoms with Crippen molar-refractivity contribution in [1.82, 2.24) is 10.3 Å². The van der Waals surface area contributed by atoms with E-state index in [1.54, 1.807) is 12.4 Å². The van der Waals surface area contributed by atoms with E-state index < -0.39 is 5.41 Å². The lowest BCUT2D eigenvalue weighted by molar-refractivity contribution is -0.159. The molecule has 128 valence electrons. The van der Waals surface area contributed by atoms with Crippen molar-refractivity contribution < 1.29 is 9.53 Å². The van der Waals surface area contributed by atoms with Gasteiger partial charge in [0.15, 0.2) is 0 Å².